The molecule has 146 valence electrons. The first kappa shape index (κ1) is 19.8. The second kappa shape index (κ2) is 7.94. The van der Waals surface area contributed by atoms with Crippen LogP contribution in [-0.4, -0.2) is 43.2 Å². The van der Waals surface area contributed by atoms with Gasteiger partial charge in [-0.1, -0.05) is 23.7 Å². The van der Waals surface area contributed by atoms with Crippen LogP contribution in [0.25, 0.3) is 0 Å². The Morgan fingerprint density at radius 3 is 2.41 bits per heavy atom. The number of pyridine rings is 1. The fourth-order valence-corrected chi connectivity index (χ4v) is 3.45. The van der Waals surface area contributed by atoms with Crippen LogP contribution in [0.1, 0.15) is 16.8 Å². The van der Waals surface area contributed by atoms with Crippen molar-refractivity contribution < 1.29 is 17.9 Å². The lowest BCUT2D eigenvalue weighted by molar-refractivity contribution is -0.141. The molecule has 3 rings (SSSR count). The molecule has 0 atom stereocenters. The minimum atomic E-state index is -4.55. The third-order valence-corrected chi connectivity index (χ3v) is 4.97. The minimum absolute atomic E-state index is 0.312. The Balaban J connectivity index is 1.63. The molecule has 0 amide bonds. The molecule has 0 saturated carbocycles. The van der Waals surface area contributed by atoms with Gasteiger partial charge < -0.3 is 9.64 Å². The van der Waals surface area contributed by atoms with Crippen molar-refractivity contribution in [2.45, 2.75) is 19.6 Å². The average Bonchev–Trinajstić information content (AvgIpc) is 2.62. The van der Waals surface area contributed by atoms with E-state index in [1.54, 1.807) is 13.2 Å². The zero-order valence-corrected chi connectivity index (χ0v) is 15.9. The second-order valence-electron chi connectivity index (χ2n) is 6.56. The fraction of sp³-hybridized carbons (Fsp3) is 0.421. The van der Waals surface area contributed by atoms with Gasteiger partial charge in [0, 0.05) is 32.7 Å². The van der Waals surface area contributed by atoms with Crippen LogP contribution in [0.5, 0.6) is 5.75 Å². The number of alkyl halides is 3. The smallest absolute Gasteiger partial charge is 0.434 e. The molecule has 0 bridgehead atoms. The van der Waals surface area contributed by atoms with Gasteiger partial charge in [0.2, 0.25) is 0 Å². The molecule has 2 heterocycles. The van der Waals surface area contributed by atoms with Gasteiger partial charge in [-0.05, 0) is 36.2 Å². The van der Waals surface area contributed by atoms with E-state index >= 15 is 0 Å². The number of aryl methyl sites for hydroxylation is 1. The van der Waals surface area contributed by atoms with Gasteiger partial charge in [-0.15, -0.1) is 0 Å². The summed E-state index contributed by atoms with van der Waals surface area (Å²) >= 11 is 5.65. The van der Waals surface area contributed by atoms with Gasteiger partial charge in [-0.25, -0.2) is 4.98 Å². The first-order chi connectivity index (χ1) is 12.8. The summed E-state index contributed by atoms with van der Waals surface area (Å²) in [5.74, 6) is 1.17. The summed E-state index contributed by atoms with van der Waals surface area (Å²) in [5.41, 5.74) is 1.24. The lowest BCUT2D eigenvalue weighted by Gasteiger charge is -2.35. The third-order valence-electron chi connectivity index (χ3n) is 4.66. The molecule has 27 heavy (non-hydrogen) atoms. The van der Waals surface area contributed by atoms with Crippen LogP contribution in [0.4, 0.5) is 19.0 Å². The summed E-state index contributed by atoms with van der Waals surface area (Å²) in [7, 11) is 1.65. The van der Waals surface area contributed by atoms with Gasteiger partial charge in [0.15, 0.2) is 5.69 Å². The standard InChI is InChI=1S/C19H21ClF3N3O/c1-13-11-14(3-5-16(13)27-2)12-25-7-9-26(10-8-25)17-6-4-15(20)18(24-17)19(21,22)23/h3-6,11H,7-10,12H2,1-2H3. The maximum atomic E-state index is 13.0. The summed E-state index contributed by atoms with van der Waals surface area (Å²) < 4.78 is 44.3. The minimum Gasteiger partial charge on any atom is -0.496 e. The van der Waals surface area contributed by atoms with Crippen LogP contribution < -0.4 is 9.64 Å². The van der Waals surface area contributed by atoms with E-state index in [0.29, 0.717) is 18.9 Å². The third kappa shape index (κ3) is 4.65. The Labute approximate surface area is 161 Å². The average molecular weight is 400 g/mol. The molecular weight excluding hydrogens is 379 g/mol. The summed E-state index contributed by atoms with van der Waals surface area (Å²) in [4.78, 5) is 7.88. The number of anilines is 1. The number of piperazine rings is 1. The number of rotatable bonds is 4. The lowest BCUT2D eigenvalue weighted by Crippen LogP contribution is -2.46. The van der Waals surface area contributed by atoms with E-state index in [0.717, 1.165) is 30.9 Å². The van der Waals surface area contributed by atoms with Gasteiger partial charge in [-0.3, -0.25) is 4.90 Å². The first-order valence-corrected chi connectivity index (χ1v) is 9.00. The maximum absolute atomic E-state index is 13.0. The molecule has 1 saturated heterocycles. The van der Waals surface area contributed by atoms with Crippen molar-refractivity contribution >= 4 is 17.4 Å². The van der Waals surface area contributed by atoms with Crippen LogP contribution in [-0.2, 0) is 12.7 Å². The van der Waals surface area contributed by atoms with Gasteiger partial charge in [0.25, 0.3) is 0 Å². The predicted molar refractivity (Wildman–Crippen MR) is 99.5 cm³/mol. The zero-order chi connectivity index (χ0) is 19.6. The van der Waals surface area contributed by atoms with E-state index in [9.17, 15) is 13.2 Å². The Morgan fingerprint density at radius 1 is 1.11 bits per heavy atom. The van der Waals surface area contributed by atoms with Gasteiger partial charge in [0.05, 0.1) is 12.1 Å². The van der Waals surface area contributed by atoms with Crippen molar-refractivity contribution in [3.05, 3.63) is 52.2 Å². The van der Waals surface area contributed by atoms with E-state index in [1.165, 1.54) is 11.6 Å². The highest BCUT2D eigenvalue weighted by atomic mass is 35.5. The summed E-state index contributed by atoms with van der Waals surface area (Å²) in [6.07, 6.45) is -4.55. The Kier molecular flexibility index (Phi) is 5.81. The summed E-state index contributed by atoms with van der Waals surface area (Å²) in [6, 6.07) is 8.90. The van der Waals surface area contributed by atoms with E-state index in [4.69, 9.17) is 16.3 Å². The Hall–Kier alpha value is -1.99. The molecule has 0 unspecified atom stereocenters. The molecule has 1 aliphatic heterocycles. The summed E-state index contributed by atoms with van der Waals surface area (Å²) in [5, 5.41) is -0.375. The Morgan fingerprint density at radius 2 is 1.81 bits per heavy atom. The number of hydrogen-bond donors (Lipinski definition) is 0. The maximum Gasteiger partial charge on any atom is 0.434 e. The highest BCUT2D eigenvalue weighted by Gasteiger charge is 2.36. The first-order valence-electron chi connectivity index (χ1n) is 8.62. The molecule has 0 N–H and O–H groups in total. The molecule has 1 aromatic heterocycles. The van der Waals surface area contributed by atoms with Gasteiger partial charge >= 0.3 is 6.18 Å². The molecule has 1 fully saturated rings. The SMILES string of the molecule is COc1ccc(CN2CCN(c3ccc(Cl)c(C(F)(F)F)n3)CC2)cc1C. The topological polar surface area (TPSA) is 28.6 Å². The normalized spacial score (nSPS) is 15.9. The number of hydrogen-bond acceptors (Lipinski definition) is 4. The van der Waals surface area contributed by atoms with Crippen molar-refractivity contribution in [3.8, 4) is 5.75 Å². The van der Waals surface area contributed by atoms with Crippen LogP contribution in [0, 0.1) is 6.92 Å². The van der Waals surface area contributed by atoms with Crippen molar-refractivity contribution in [1.82, 2.24) is 9.88 Å². The quantitative estimate of drug-likeness (QED) is 0.762. The highest BCUT2D eigenvalue weighted by molar-refractivity contribution is 6.31. The number of benzene rings is 1. The molecule has 0 radical (unpaired) electrons. The molecule has 4 nitrogen and oxygen atoms in total. The van der Waals surface area contributed by atoms with Crippen molar-refractivity contribution in [3.63, 3.8) is 0 Å². The zero-order valence-electron chi connectivity index (χ0n) is 15.2. The molecule has 0 aliphatic carbocycles. The van der Waals surface area contributed by atoms with Crippen molar-refractivity contribution in [2.75, 3.05) is 38.2 Å². The van der Waals surface area contributed by atoms with E-state index < -0.39 is 11.9 Å². The van der Waals surface area contributed by atoms with Crippen LogP contribution >= 0.6 is 11.6 Å². The van der Waals surface area contributed by atoms with Crippen molar-refractivity contribution in [1.29, 1.82) is 0 Å². The predicted octanol–water partition coefficient (Wildman–Crippen LogP) is 4.39. The Bertz CT molecular complexity index is 805. The van der Waals surface area contributed by atoms with Gasteiger partial charge in [-0.2, -0.15) is 13.2 Å². The number of aromatic nitrogens is 1. The number of methoxy groups -OCH3 is 1. The molecule has 1 aliphatic rings. The molecule has 8 heteroatoms. The number of nitrogens with zero attached hydrogens (tertiary/aromatic N) is 3. The summed E-state index contributed by atoms with van der Waals surface area (Å²) in [6.45, 7) is 5.51. The van der Waals surface area contributed by atoms with E-state index in [-0.39, 0.29) is 5.02 Å². The van der Waals surface area contributed by atoms with Crippen LogP contribution in [0.15, 0.2) is 30.3 Å². The van der Waals surface area contributed by atoms with Crippen LogP contribution in [0.2, 0.25) is 5.02 Å². The molecule has 1 aromatic carbocycles. The number of halogens is 4. The fourth-order valence-electron chi connectivity index (χ4n) is 3.24. The van der Waals surface area contributed by atoms with Crippen LogP contribution in [0.3, 0.4) is 0 Å². The molecular formula is C19H21ClF3N3O. The van der Waals surface area contributed by atoms with E-state index in [1.807, 2.05) is 24.0 Å². The van der Waals surface area contributed by atoms with Gasteiger partial charge in [0.1, 0.15) is 11.6 Å². The molecule has 2 aromatic rings. The molecule has 0 spiro atoms. The van der Waals surface area contributed by atoms with Crippen molar-refractivity contribution in [2.24, 2.45) is 0 Å². The highest BCUT2D eigenvalue weighted by Crippen LogP contribution is 2.34. The number of ether oxygens (including phenoxy) is 1. The second-order valence-corrected chi connectivity index (χ2v) is 6.97. The lowest BCUT2D eigenvalue weighted by atomic mass is 10.1. The largest absolute Gasteiger partial charge is 0.496 e. The monoisotopic (exact) mass is 399 g/mol. The van der Waals surface area contributed by atoms with E-state index in [2.05, 4.69) is 16.0 Å².